The van der Waals surface area contributed by atoms with Crippen LogP contribution in [-0.4, -0.2) is 12.1 Å². The topological polar surface area (TPSA) is 45.9 Å². The average Bonchev–Trinajstić information content (AvgIpc) is 2.04. The van der Waals surface area contributed by atoms with Crippen molar-refractivity contribution >= 4 is 11.6 Å². The van der Waals surface area contributed by atoms with Crippen molar-refractivity contribution in [2.45, 2.75) is 0 Å². The van der Waals surface area contributed by atoms with Gasteiger partial charge in [-0.05, 0) is 6.07 Å². The molecule has 0 atom stereocenters. The van der Waals surface area contributed by atoms with E-state index in [0.29, 0.717) is 11.4 Å². The molecule has 56 valence electrons. The molecule has 0 amide bonds. The van der Waals surface area contributed by atoms with Crippen molar-refractivity contribution in [3.63, 3.8) is 0 Å². The number of rotatable bonds is 1. The van der Waals surface area contributed by atoms with E-state index in [1.54, 1.807) is 12.1 Å². The molecule has 4 heteroatoms. The number of ether oxygens (including phenoxy) is 1. The van der Waals surface area contributed by atoms with E-state index in [4.69, 9.17) is 21.6 Å². The minimum atomic E-state index is 0.173. The van der Waals surface area contributed by atoms with Gasteiger partial charge in [0, 0.05) is 6.07 Å². The van der Waals surface area contributed by atoms with Crippen LogP contribution in [0.5, 0.6) is 5.88 Å². The first-order chi connectivity index (χ1) is 5.27. The zero-order valence-corrected chi connectivity index (χ0v) is 6.59. The molecule has 1 aromatic heterocycles. The maximum atomic E-state index is 8.47. The van der Waals surface area contributed by atoms with E-state index in [1.807, 2.05) is 6.07 Å². The fraction of sp³-hybridized carbons (Fsp3) is 0.143. The van der Waals surface area contributed by atoms with Crippen molar-refractivity contribution in [3.8, 4) is 11.9 Å². The summed E-state index contributed by atoms with van der Waals surface area (Å²) in [6.07, 6.45) is 0. The predicted molar refractivity (Wildman–Crippen MR) is 40.5 cm³/mol. The van der Waals surface area contributed by atoms with Crippen LogP contribution in [-0.2, 0) is 0 Å². The van der Waals surface area contributed by atoms with Crippen LogP contribution in [0.3, 0.4) is 0 Å². The van der Waals surface area contributed by atoms with Crippen LogP contribution >= 0.6 is 11.6 Å². The number of pyridine rings is 1. The van der Waals surface area contributed by atoms with Crippen LogP contribution < -0.4 is 4.74 Å². The molecule has 11 heavy (non-hydrogen) atoms. The Kier molecular flexibility index (Phi) is 2.29. The number of hydrogen-bond donors (Lipinski definition) is 0. The van der Waals surface area contributed by atoms with Crippen molar-refractivity contribution in [3.05, 3.63) is 22.8 Å². The highest BCUT2D eigenvalue weighted by molar-refractivity contribution is 6.30. The molecule has 0 spiro atoms. The molecule has 1 aromatic rings. The van der Waals surface area contributed by atoms with E-state index in [0.717, 1.165) is 0 Å². The van der Waals surface area contributed by atoms with Gasteiger partial charge in [-0.15, -0.1) is 0 Å². The first-order valence-corrected chi connectivity index (χ1v) is 3.26. The normalized spacial score (nSPS) is 8.82. The molecule has 3 nitrogen and oxygen atoms in total. The largest absolute Gasteiger partial charge is 0.481 e. The van der Waals surface area contributed by atoms with Crippen molar-refractivity contribution < 1.29 is 4.74 Å². The molecule has 0 saturated carbocycles. The lowest BCUT2D eigenvalue weighted by Gasteiger charge is -1.98. The van der Waals surface area contributed by atoms with E-state index in [-0.39, 0.29) is 5.15 Å². The molecule has 0 bridgehead atoms. The van der Waals surface area contributed by atoms with Gasteiger partial charge in [-0.2, -0.15) is 5.26 Å². The van der Waals surface area contributed by atoms with Crippen molar-refractivity contribution in [2.75, 3.05) is 7.11 Å². The lowest BCUT2D eigenvalue weighted by molar-refractivity contribution is 0.398. The Balaban J connectivity index is 3.12. The number of aromatic nitrogens is 1. The van der Waals surface area contributed by atoms with Gasteiger partial charge in [0.05, 0.1) is 12.7 Å². The molecule has 0 unspecified atom stereocenters. The summed E-state index contributed by atoms with van der Waals surface area (Å²) in [7, 11) is 1.49. The van der Waals surface area contributed by atoms with Gasteiger partial charge in [0.15, 0.2) is 5.15 Å². The van der Waals surface area contributed by atoms with Crippen LogP contribution in [0.1, 0.15) is 5.56 Å². The zero-order valence-electron chi connectivity index (χ0n) is 5.84. The van der Waals surface area contributed by atoms with Gasteiger partial charge in [0.25, 0.3) is 0 Å². The molecular weight excluding hydrogens is 164 g/mol. The molecule has 0 saturated heterocycles. The summed E-state index contributed by atoms with van der Waals surface area (Å²) in [5.41, 5.74) is 0.354. The third kappa shape index (κ3) is 1.60. The van der Waals surface area contributed by atoms with E-state index in [9.17, 15) is 0 Å². The standard InChI is InChI=1S/C7H5ClN2O/c1-11-6-3-2-5(4-9)7(8)10-6/h2-3H,1H3. The second-order valence-electron chi connectivity index (χ2n) is 1.80. The summed E-state index contributed by atoms with van der Waals surface area (Å²) in [5, 5.41) is 8.64. The fourth-order valence-electron chi connectivity index (χ4n) is 0.615. The minimum absolute atomic E-state index is 0.173. The Morgan fingerprint density at radius 2 is 2.36 bits per heavy atom. The highest BCUT2D eigenvalue weighted by Crippen LogP contribution is 2.15. The highest BCUT2D eigenvalue weighted by atomic mass is 35.5. The first-order valence-electron chi connectivity index (χ1n) is 2.88. The van der Waals surface area contributed by atoms with Gasteiger partial charge < -0.3 is 4.74 Å². The molecule has 0 radical (unpaired) electrons. The van der Waals surface area contributed by atoms with Gasteiger partial charge >= 0.3 is 0 Å². The molecule has 0 aliphatic rings. The number of nitrogens with zero attached hydrogens (tertiary/aromatic N) is 2. The van der Waals surface area contributed by atoms with Gasteiger partial charge in [0.2, 0.25) is 5.88 Å². The van der Waals surface area contributed by atoms with Crippen LogP contribution in [0.4, 0.5) is 0 Å². The van der Waals surface area contributed by atoms with E-state index >= 15 is 0 Å². The maximum Gasteiger partial charge on any atom is 0.214 e. The second-order valence-corrected chi connectivity index (χ2v) is 2.16. The minimum Gasteiger partial charge on any atom is -0.481 e. The van der Waals surface area contributed by atoms with Gasteiger partial charge in [-0.3, -0.25) is 0 Å². The molecule has 1 heterocycles. The summed E-state index contributed by atoms with van der Waals surface area (Å²) in [6.45, 7) is 0. The van der Waals surface area contributed by atoms with E-state index in [1.165, 1.54) is 7.11 Å². The van der Waals surface area contributed by atoms with Crippen molar-refractivity contribution in [2.24, 2.45) is 0 Å². The van der Waals surface area contributed by atoms with Crippen LogP contribution in [0, 0.1) is 11.3 Å². The summed E-state index contributed by atoms with van der Waals surface area (Å²) < 4.78 is 4.79. The smallest absolute Gasteiger partial charge is 0.214 e. The Labute approximate surface area is 69.2 Å². The Bertz CT molecular complexity index is 306. The predicted octanol–water partition coefficient (Wildman–Crippen LogP) is 1.62. The number of hydrogen-bond acceptors (Lipinski definition) is 3. The summed E-state index contributed by atoms with van der Waals surface area (Å²) >= 11 is 5.59. The third-order valence-electron chi connectivity index (χ3n) is 1.15. The molecule has 0 aromatic carbocycles. The van der Waals surface area contributed by atoms with E-state index in [2.05, 4.69) is 4.98 Å². The Hall–Kier alpha value is -1.27. The molecule has 0 aliphatic heterocycles. The number of nitriles is 1. The summed E-state index contributed by atoms with van der Waals surface area (Å²) in [4.78, 5) is 3.78. The van der Waals surface area contributed by atoms with Crippen LogP contribution in [0.25, 0.3) is 0 Å². The SMILES string of the molecule is COc1ccc(C#N)c(Cl)n1. The Morgan fingerprint density at radius 1 is 1.64 bits per heavy atom. The van der Waals surface area contributed by atoms with Crippen molar-refractivity contribution in [1.29, 1.82) is 5.26 Å². The quantitative estimate of drug-likeness (QED) is 0.599. The van der Waals surface area contributed by atoms with Crippen molar-refractivity contribution in [1.82, 2.24) is 4.98 Å². The monoisotopic (exact) mass is 168 g/mol. The average molecular weight is 169 g/mol. The summed E-state index contributed by atoms with van der Waals surface area (Å²) in [5.74, 6) is 0.411. The second kappa shape index (κ2) is 3.22. The van der Waals surface area contributed by atoms with Gasteiger partial charge in [-0.1, -0.05) is 11.6 Å². The van der Waals surface area contributed by atoms with Crippen LogP contribution in [0.2, 0.25) is 5.15 Å². The number of methoxy groups -OCH3 is 1. The fourth-order valence-corrected chi connectivity index (χ4v) is 0.803. The lowest BCUT2D eigenvalue weighted by atomic mass is 10.3. The molecule has 0 fully saturated rings. The van der Waals surface area contributed by atoms with Gasteiger partial charge in [-0.25, -0.2) is 4.98 Å². The lowest BCUT2D eigenvalue weighted by Crippen LogP contribution is -1.88. The maximum absolute atomic E-state index is 8.47. The Morgan fingerprint density at radius 3 is 2.82 bits per heavy atom. The molecule has 1 rings (SSSR count). The van der Waals surface area contributed by atoms with Crippen LogP contribution in [0.15, 0.2) is 12.1 Å². The van der Waals surface area contributed by atoms with E-state index < -0.39 is 0 Å². The molecule has 0 N–H and O–H groups in total. The third-order valence-corrected chi connectivity index (χ3v) is 1.44. The molecular formula is C7H5ClN2O. The number of halogens is 1. The summed E-state index contributed by atoms with van der Waals surface area (Å²) in [6, 6.07) is 5.05. The zero-order chi connectivity index (χ0) is 8.27. The first kappa shape index (κ1) is 7.83. The highest BCUT2D eigenvalue weighted by Gasteiger charge is 2.01. The molecule has 0 aliphatic carbocycles. The van der Waals surface area contributed by atoms with Gasteiger partial charge in [0.1, 0.15) is 6.07 Å².